The summed E-state index contributed by atoms with van der Waals surface area (Å²) in [5, 5.41) is 13.0. The minimum atomic E-state index is -1.05. The molecule has 0 aliphatic carbocycles. The van der Waals surface area contributed by atoms with E-state index in [2.05, 4.69) is 5.10 Å². The van der Waals surface area contributed by atoms with Gasteiger partial charge in [-0.3, -0.25) is 0 Å². The minimum absolute atomic E-state index is 0.0247. The molecule has 2 heterocycles. The Labute approximate surface area is 93.0 Å². The molecule has 6 nitrogen and oxygen atoms in total. The van der Waals surface area contributed by atoms with Crippen LogP contribution >= 0.6 is 0 Å². The van der Waals surface area contributed by atoms with Crippen LogP contribution in [0.2, 0.25) is 0 Å². The molecule has 2 rings (SSSR count). The Morgan fingerprint density at radius 2 is 2.50 bits per heavy atom. The number of ether oxygens (including phenoxy) is 1. The Balaban J connectivity index is 2.24. The van der Waals surface area contributed by atoms with Gasteiger partial charge in [0.1, 0.15) is 6.23 Å². The maximum Gasteiger partial charge on any atom is 0.356 e. The van der Waals surface area contributed by atoms with E-state index in [1.165, 1.54) is 0 Å². The fourth-order valence-electron chi connectivity index (χ4n) is 1.84. The number of nitrogens with zero attached hydrogens (tertiary/aromatic N) is 2. The average Bonchev–Trinajstić information content (AvgIpc) is 2.74. The van der Waals surface area contributed by atoms with Crippen LogP contribution in [0.4, 0.5) is 0 Å². The Morgan fingerprint density at radius 1 is 1.69 bits per heavy atom. The average molecular weight is 225 g/mol. The number of hydrogen-bond acceptors (Lipinski definition) is 4. The number of rotatable bonds is 3. The van der Waals surface area contributed by atoms with E-state index in [-0.39, 0.29) is 18.5 Å². The van der Waals surface area contributed by atoms with Crippen LogP contribution in [0.1, 0.15) is 41.5 Å². The van der Waals surface area contributed by atoms with Crippen molar-refractivity contribution >= 4 is 5.97 Å². The summed E-state index contributed by atoms with van der Waals surface area (Å²) in [6.45, 7) is 0.874. The van der Waals surface area contributed by atoms with Gasteiger partial charge in [0.2, 0.25) is 0 Å². The molecule has 1 aromatic rings. The van der Waals surface area contributed by atoms with E-state index in [4.69, 9.17) is 15.6 Å². The summed E-state index contributed by atoms with van der Waals surface area (Å²) in [6.07, 6.45) is 4.51. The van der Waals surface area contributed by atoms with Gasteiger partial charge in [-0.25, -0.2) is 9.48 Å². The van der Waals surface area contributed by atoms with Gasteiger partial charge in [-0.15, -0.1) is 0 Å². The van der Waals surface area contributed by atoms with Crippen LogP contribution in [0.15, 0.2) is 6.20 Å². The van der Waals surface area contributed by atoms with Crippen LogP contribution in [-0.4, -0.2) is 27.5 Å². The first-order chi connectivity index (χ1) is 7.72. The highest BCUT2D eigenvalue weighted by Crippen LogP contribution is 2.22. The largest absolute Gasteiger partial charge is 0.476 e. The van der Waals surface area contributed by atoms with Gasteiger partial charge >= 0.3 is 5.97 Å². The van der Waals surface area contributed by atoms with E-state index in [9.17, 15) is 4.79 Å². The van der Waals surface area contributed by atoms with E-state index in [0.717, 1.165) is 19.3 Å². The van der Waals surface area contributed by atoms with Gasteiger partial charge in [0.25, 0.3) is 0 Å². The summed E-state index contributed by atoms with van der Waals surface area (Å²) in [5.41, 5.74) is 6.04. The predicted octanol–water partition coefficient (Wildman–Crippen LogP) is 0.739. The van der Waals surface area contributed by atoms with Crippen molar-refractivity contribution < 1.29 is 14.6 Å². The molecule has 1 saturated heterocycles. The Hall–Kier alpha value is -1.40. The number of aromatic nitrogens is 2. The molecule has 3 N–H and O–H groups in total. The number of aromatic carboxylic acids is 1. The van der Waals surface area contributed by atoms with Crippen LogP contribution in [0.3, 0.4) is 0 Å². The normalized spacial score (nSPS) is 20.9. The number of hydrogen-bond donors (Lipinski definition) is 2. The van der Waals surface area contributed by atoms with Gasteiger partial charge in [-0.1, -0.05) is 0 Å². The molecule has 1 atom stereocenters. The maximum absolute atomic E-state index is 10.9. The highest BCUT2D eigenvalue weighted by atomic mass is 16.5. The van der Waals surface area contributed by atoms with Gasteiger partial charge < -0.3 is 15.6 Å². The van der Waals surface area contributed by atoms with Crippen LogP contribution in [0, 0.1) is 0 Å². The first kappa shape index (κ1) is 11.1. The maximum atomic E-state index is 10.9. The summed E-state index contributed by atoms with van der Waals surface area (Å²) in [7, 11) is 0. The first-order valence-electron chi connectivity index (χ1n) is 5.35. The first-order valence-corrected chi connectivity index (χ1v) is 5.35. The summed E-state index contributed by atoms with van der Waals surface area (Å²) in [4.78, 5) is 10.9. The smallest absolute Gasteiger partial charge is 0.356 e. The standard InChI is InChI=1S/C10H15N3O3/c11-5-7-6-13(12-9(7)10(14)15)8-3-1-2-4-16-8/h6,8H,1-5,11H2,(H,14,15). The lowest BCUT2D eigenvalue weighted by atomic mass is 10.2. The third-order valence-electron chi connectivity index (χ3n) is 2.68. The molecule has 0 saturated carbocycles. The van der Waals surface area contributed by atoms with E-state index in [1.807, 2.05) is 0 Å². The monoisotopic (exact) mass is 225 g/mol. The van der Waals surface area contributed by atoms with Crippen molar-refractivity contribution in [2.24, 2.45) is 5.73 Å². The van der Waals surface area contributed by atoms with Crippen molar-refractivity contribution in [2.75, 3.05) is 6.61 Å². The third kappa shape index (κ3) is 2.07. The molecule has 0 spiro atoms. The molecule has 6 heteroatoms. The highest BCUT2D eigenvalue weighted by Gasteiger charge is 2.21. The zero-order chi connectivity index (χ0) is 11.5. The topological polar surface area (TPSA) is 90.4 Å². The van der Waals surface area contributed by atoms with E-state index in [0.29, 0.717) is 12.2 Å². The molecule has 0 amide bonds. The number of nitrogens with two attached hydrogens (primary N) is 1. The molecular formula is C10H15N3O3. The lowest BCUT2D eigenvalue weighted by Crippen LogP contribution is -2.19. The summed E-state index contributed by atoms with van der Waals surface area (Å²) >= 11 is 0. The van der Waals surface area contributed by atoms with Crippen molar-refractivity contribution in [3.8, 4) is 0 Å². The van der Waals surface area contributed by atoms with Gasteiger partial charge in [0.05, 0.1) is 0 Å². The summed E-state index contributed by atoms with van der Waals surface area (Å²) in [5.74, 6) is -1.05. The molecule has 88 valence electrons. The quantitative estimate of drug-likeness (QED) is 0.791. The Bertz CT molecular complexity index is 383. The SMILES string of the molecule is NCc1cn(C2CCCCO2)nc1C(=O)O. The molecule has 16 heavy (non-hydrogen) atoms. The molecule has 0 aromatic carbocycles. The molecule has 1 unspecified atom stereocenters. The van der Waals surface area contributed by atoms with Gasteiger partial charge in [0, 0.05) is 24.9 Å². The zero-order valence-electron chi connectivity index (χ0n) is 8.93. The van der Waals surface area contributed by atoms with E-state index >= 15 is 0 Å². The Kier molecular flexibility index (Phi) is 3.21. The fraction of sp³-hybridized carbons (Fsp3) is 0.600. The molecule has 0 bridgehead atoms. The number of carboxylic acids is 1. The van der Waals surface area contributed by atoms with Gasteiger partial charge in [-0.05, 0) is 19.3 Å². The molecular weight excluding hydrogens is 210 g/mol. The van der Waals surface area contributed by atoms with Gasteiger partial charge in [-0.2, -0.15) is 5.10 Å². The van der Waals surface area contributed by atoms with Gasteiger partial charge in [0.15, 0.2) is 5.69 Å². The van der Waals surface area contributed by atoms with Crippen molar-refractivity contribution in [1.82, 2.24) is 9.78 Å². The van der Waals surface area contributed by atoms with Crippen LogP contribution in [0.25, 0.3) is 0 Å². The fourth-order valence-corrected chi connectivity index (χ4v) is 1.84. The lowest BCUT2D eigenvalue weighted by Gasteiger charge is -2.22. The summed E-state index contributed by atoms with van der Waals surface area (Å²) < 4.78 is 7.10. The second-order valence-corrected chi connectivity index (χ2v) is 3.81. The lowest BCUT2D eigenvalue weighted by molar-refractivity contribution is -0.0397. The highest BCUT2D eigenvalue weighted by molar-refractivity contribution is 5.86. The molecule has 1 aromatic heterocycles. The second kappa shape index (κ2) is 4.63. The summed E-state index contributed by atoms with van der Waals surface area (Å²) in [6, 6.07) is 0. The van der Waals surface area contributed by atoms with Crippen molar-refractivity contribution in [3.05, 3.63) is 17.5 Å². The van der Waals surface area contributed by atoms with E-state index < -0.39 is 5.97 Å². The zero-order valence-corrected chi connectivity index (χ0v) is 8.93. The van der Waals surface area contributed by atoms with Crippen molar-refractivity contribution in [2.45, 2.75) is 32.0 Å². The van der Waals surface area contributed by atoms with Crippen LogP contribution in [-0.2, 0) is 11.3 Å². The molecule has 1 fully saturated rings. The molecule has 0 radical (unpaired) electrons. The second-order valence-electron chi connectivity index (χ2n) is 3.81. The molecule has 1 aliphatic rings. The van der Waals surface area contributed by atoms with E-state index in [1.54, 1.807) is 10.9 Å². The molecule has 1 aliphatic heterocycles. The minimum Gasteiger partial charge on any atom is -0.476 e. The Morgan fingerprint density at radius 3 is 3.00 bits per heavy atom. The third-order valence-corrected chi connectivity index (χ3v) is 2.68. The van der Waals surface area contributed by atoms with Crippen LogP contribution in [0.5, 0.6) is 0 Å². The number of carboxylic acid groups (broad SMARTS) is 1. The van der Waals surface area contributed by atoms with Crippen molar-refractivity contribution in [1.29, 1.82) is 0 Å². The van der Waals surface area contributed by atoms with Crippen LogP contribution < -0.4 is 5.73 Å². The number of carbonyl (C=O) groups is 1. The predicted molar refractivity (Wildman–Crippen MR) is 55.9 cm³/mol. The van der Waals surface area contributed by atoms with Crippen molar-refractivity contribution in [3.63, 3.8) is 0 Å².